The summed E-state index contributed by atoms with van der Waals surface area (Å²) in [5, 5.41) is 0. The fourth-order valence-electron chi connectivity index (χ4n) is 2.27. The Morgan fingerprint density at radius 3 is 2.10 bits per heavy atom. The van der Waals surface area contributed by atoms with Gasteiger partial charge in [-0.1, -0.05) is 6.42 Å². The number of hydrogen-bond donors (Lipinski definition) is 2. The SMILES string of the molecule is C1CC2(C1)SC21CNNC1. The Kier molecular flexibility index (Phi) is 0.905. The zero-order chi connectivity index (χ0) is 6.66. The van der Waals surface area contributed by atoms with E-state index in [0.29, 0.717) is 4.75 Å². The van der Waals surface area contributed by atoms with Crippen LogP contribution in [0, 0.1) is 0 Å². The molecule has 1 saturated carbocycles. The second-order valence-corrected chi connectivity index (χ2v) is 5.42. The number of thioether (sulfide) groups is 1. The van der Waals surface area contributed by atoms with Gasteiger partial charge in [0.2, 0.25) is 0 Å². The maximum Gasteiger partial charge on any atom is 0.0588 e. The molecule has 3 rings (SSSR count). The number of nitrogens with one attached hydrogen (secondary N) is 2. The van der Waals surface area contributed by atoms with Crippen molar-refractivity contribution in [3.8, 4) is 0 Å². The van der Waals surface area contributed by atoms with Crippen molar-refractivity contribution in [2.75, 3.05) is 13.1 Å². The van der Waals surface area contributed by atoms with Crippen LogP contribution in [0.2, 0.25) is 0 Å². The molecule has 0 unspecified atom stereocenters. The third kappa shape index (κ3) is 0.477. The zero-order valence-electron chi connectivity index (χ0n) is 5.94. The van der Waals surface area contributed by atoms with Crippen molar-refractivity contribution < 1.29 is 0 Å². The van der Waals surface area contributed by atoms with E-state index in [1.807, 2.05) is 0 Å². The summed E-state index contributed by atoms with van der Waals surface area (Å²) < 4.78 is 1.37. The summed E-state index contributed by atoms with van der Waals surface area (Å²) >= 11 is 2.21. The molecular formula is C7H12N2S. The standard InChI is InChI=1S/C7H12N2S/c1-2-6(3-1)7(10-6)4-8-9-5-7/h8-9H,1-5H2. The van der Waals surface area contributed by atoms with Gasteiger partial charge in [0.15, 0.2) is 0 Å². The van der Waals surface area contributed by atoms with Gasteiger partial charge in [-0.15, -0.1) is 11.8 Å². The first-order valence-electron chi connectivity index (χ1n) is 4.03. The summed E-state index contributed by atoms with van der Waals surface area (Å²) in [5.41, 5.74) is 6.46. The van der Waals surface area contributed by atoms with Crippen LogP contribution in [0.25, 0.3) is 0 Å². The Labute approximate surface area is 65.1 Å². The van der Waals surface area contributed by atoms with Crippen LogP contribution in [0.4, 0.5) is 0 Å². The van der Waals surface area contributed by atoms with Crippen LogP contribution in [0.15, 0.2) is 0 Å². The first-order valence-corrected chi connectivity index (χ1v) is 4.85. The summed E-state index contributed by atoms with van der Waals surface area (Å²) in [6.45, 7) is 2.38. The second kappa shape index (κ2) is 1.54. The van der Waals surface area contributed by atoms with Crippen molar-refractivity contribution in [2.24, 2.45) is 0 Å². The van der Waals surface area contributed by atoms with E-state index in [1.54, 1.807) is 0 Å². The zero-order valence-corrected chi connectivity index (χ0v) is 6.76. The van der Waals surface area contributed by atoms with E-state index in [9.17, 15) is 0 Å². The largest absolute Gasteiger partial charge is 0.256 e. The minimum atomic E-state index is 0.630. The van der Waals surface area contributed by atoms with Crippen LogP contribution in [0.5, 0.6) is 0 Å². The van der Waals surface area contributed by atoms with Gasteiger partial charge >= 0.3 is 0 Å². The molecule has 0 aromatic heterocycles. The van der Waals surface area contributed by atoms with E-state index < -0.39 is 0 Å². The molecule has 0 aromatic carbocycles. The average Bonchev–Trinajstić information content (AvgIpc) is 2.23. The quantitative estimate of drug-likeness (QED) is 0.499. The molecule has 56 valence electrons. The molecule has 3 fully saturated rings. The topological polar surface area (TPSA) is 24.1 Å². The Hall–Kier alpha value is 0.270. The van der Waals surface area contributed by atoms with Crippen LogP contribution in [-0.4, -0.2) is 22.6 Å². The smallest absolute Gasteiger partial charge is 0.0588 e. The van der Waals surface area contributed by atoms with Gasteiger partial charge in [-0.2, -0.15) is 0 Å². The van der Waals surface area contributed by atoms with Gasteiger partial charge in [0.25, 0.3) is 0 Å². The van der Waals surface area contributed by atoms with Gasteiger partial charge in [0, 0.05) is 17.8 Å². The Morgan fingerprint density at radius 1 is 1.00 bits per heavy atom. The lowest BCUT2D eigenvalue weighted by atomic mass is 9.76. The molecule has 2 aliphatic heterocycles. The lowest BCUT2D eigenvalue weighted by Crippen LogP contribution is -2.36. The van der Waals surface area contributed by atoms with E-state index in [2.05, 4.69) is 22.6 Å². The fourth-order valence-corrected chi connectivity index (χ4v) is 4.10. The van der Waals surface area contributed by atoms with Gasteiger partial charge in [0.05, 0.1) is 4.75 Å². The molecule has 1 aliphatic carbocycles. The van der Waals surface area contributed by atoms with Crippen molar-refractivity contribution >= 4 is 11.8 Å². The molecule has 0 aromatic rings. The minimum absolute atomic E-state index is 0.630. The number of hydrazine groups is 1. The van der Waals surface area contributed by atoms with Crippen molar-refractivity contribution in [1.29, 1.82) is 0 Å². The number of hydrogen-bond acceptors (Lipinski definition) is 3. The van der Waals surface area contributed by atoms with Crippen LogP contribution in [0.3, 0.4) is 0 Å². The molecule has 2 spiro atoms. The molecule has 2 nitrogen and oxygen atoms in total. The van der Waals surface area contributed by atoms with Gasteiger partial charge in [-0.25, -0.2) is 0 Å². The van der Waals surface area contributed by atoms with E-state index in [0.717, 1.165) is 4.75 Å². The highest BCUT2D eigenvalue weighted by molar-refractivity contribution is 8.09. The van der Waals surface area contributed by atoms with Crippen molar-refractivity contribution in [2.45, 2.75) is 28.8 Å². The third-order valence-electron chi connectivity index (χ3n) is 3.21. The second-order valence-electron chi connectivity index (χ2n) is 3.65. The van der Waals surface area contributed by atoms with Crippen molar-refractivity contribution in [1.82, 2.24) is 10.9 Å². The molecule has 10 heavy (non-hydrogen) atoms. The van der Waals surface area contributed by atoms with E-state index >= 15 is 0 Å². The molecule has 2 N–H and O–H groups in total. The number of fused-ring (bicyclic) bond motifs is 1. The molecule has 3 heteroatoms. The van der Waals surface area contributed by atoms with Gasteiger partial charge in [-0.3, -0.25) is 10.9 Å². The monoisotopic (exact) mass is 156 g/mol. The minimum Gasteiger partial charge on any atom is -0.256 e. The summed E-state index contributed by atoms with van der Waals surface area (Å²) in [7, 11) is 0. The molecule has 3 aliphatic rings. The summed E-state index contributed by atoms with van der Waals surface area (Å²) in [6, 6.07) is 0. The van der Waals surface area contributed by atoms with Crippen molar-refractivity contribution in [3.63, 3.8) is 0 Å². The van der Waals surface area contributed by atoms with Crippen LogP contribution >= 0.6 is 11.8 Å². The molecule has 2 saturated heterocycles. The first-order chi connectivity index (χ1) is 4.87. The van der Waals surface area contributed by atoms with E-state index in [1.165, 1.54) is 32.4 Å². The summed E-state index contributed by atoms with van der Waals surface area (Å²) in [4.78, 5) is 0. The lowest BCUT2D eigenvalue weighted by Gasteiger charge is -2.27. The van der Waals surface area contributed by atoms with Crippen LogP contribution < -0.4 is 10.9 Å². The predicted molar refractivity (Wildman–Crippen MR) is 42.9 cm³/mol. The maximum absolute atomic E-state index is 3.23. The highest BCUT2D eigenvalue weighted by atomic mass is 32.2. The highest BCUT2D eigenvalue weighted by Crippen LogP contribution is 2.73. The molecule has 0 radical (unpaired) electrons. The van der Waals surface area contributed by atoms with Crippen molar-refractivity contribution in [3.05, 3.63) is 0 Å². The average molecular weight is 156 g/mol. The predicted octanol–water partition coefficient (Wildman–Crippen LogP) is 0.502. The number of rotatable bonds is 0. The normalized spacial score (nSPS) is 38.4. The summed E-state index contributed by atoms with van der Waals surface area (Å²) in [5.74, 6) is 0. The molecule has 0 bridgehead atoms. The van der Waals surface area contributed by atoms with E-state index in [4.69, 9.17) is 0 Å². The van der Waals surface area contributed by atoms with Gasteiger partial charge in [0.1, 0.15) is 0 Å². The van der Waals surface area contributed by atoms with E-state index in [-0.39, 0.29) is 0 Å². The maximum atomic E-state index is 3.23. The Bertz CT molecular complexity index is 170. The lowest BCUT2D eigenvalue weighted by molar-refractivity contribution is 0.357. The van der Waals surface area contributed by atoms with Crippen LogP contribution in [0.1, 0.15) is 19.3 Å². The Balaban J connectivity index is 1.84. The molecule has 0 amide bonds. The van der Waals surface area contributed by atoms with Gasteiger partial charge < -0.3 is 0 Å². The highest BCUT2D eigenvalue weighted by Gasteiger charge is 2.71. The van der Waals surface area contributed by atoms with Crippen LogP contribution in [-0.2, 0) is 0 Å². The molecular weight excluding hydrogens is 144 g/mol. The molecule has 0 atom stereocenters. The fraction of sp³-hybridized carbons (Fsp3) is 1.00. The van der Waals surface area contributed by atoms with Gasteiger partial charge in [-0.05, 0) is 12.8 Å². The molecule has 2 heterocycles. The first kappa shape index (κ1) is 5.86. The Morgan fingerprint density at radius 2 is 1.70 bits per heavy atom. The summed E-state index contributed by atoms with van der Waals surface area (Å²) in [6.07, 6.45) is 4.41. The third-order valence-corrected chi connectivity index (χ3v) is 5.27.